The zero-order chi connectivity index (χ0) is 24.3. The quantitative estimate of drug-likeness (QED) is 0.298. The largest absolute Gasteiger partial charge is 0.490 e. The van der Waals surface area contributed by atoms with Crippen LogP contribution in [0, 0.1) is 0 Å². The number of carbonyl (C=O) groups is 3. The highest BCUT2D eigenvalue weighted by molar-refractivity contribution is 7.14. The van der Waals surface area contributed by atoms with Crippen molar-refractivity contribution < 1.29 is 33.3 Å². The number of ether oxygens (including phenoxy) is 4. The number of rotatable bonds is 12. The summed E-state index contributed by atoms with van der Waals surface area (Å²) < 4.78 is 22.0. The Labute approximate surface area is 200 Å². The minimum atomic E-state index is -0.712. The Hall–Kier alpha value is -4.05. The molecule has 0 spiro atoms. The molecule has 0 aliphatic rings. The second-order valence-corrected chi connectivity index (χ2v) is 7.67. The Bertz CT molecular complexity index is 1130. The van der Waals surface area contributed by atoms with Crippen LogP contribution in [0.15, 0.2) is 60.0 Å². The van der Waals surface area contributed by atoms with Crippen molar-refractivity contribution in [2.75, 3.05) is 31.7 Å². The number of esters is 1. The summed E-state index contributed by atoms with van der Waals surface area (Å²) >= 11 is 1.14. The number of nitrogens with one attached hydrogen (secondary N) is 1. The Morgan fingerprint density at radius 2 is 1.71 bits per heavy atom. The van der Waals surface area contributed by atoms with Crippen LogP contribution in [0.3, 0.4) is 0 Å². The van der Waals surface area contributed by atoms with Gasteiger partial charge in [-0.3, -0.25) is 9.59 Å². The summed E-state index contributed by atoms with van der Waals surface area (Å²) in [5.41, 5.74) is 5.63. The van der Waals surface area contributed by atoms with E-state index in [1.165, 1.54) is 18.2 Å². The van der Waals surface area contributed by atoms with Crippen molar-refractivity contribution in [3.05, 3.63) is 71.1 Å². The molecule has 1 aromatic heterocycles. The normalized spacial score (nSPS) is 10.3. The number of carbonyl (C=O) groups excluding carboxylic acids is 3. The van der Waals surface area contributed by atoms with E-state index in [9.17, 15) is 14.4 Å². The van der Waals surface area contributed by atoms with Crippen LogP contribution in [0.1, 0.15) is 27.6 Å². The van der Waals surface area contributed by atoms with Crippen molar-refractivity contribution >= 4 is 34.1 Å². The van der Waals surface area contributed by atoms with Gasteiger partial charge in [-0.05, 0) is 48.7 Å². The van der Waals surface area contributed by atoms with Crippen LogP contribution in [-0.2, 0) is 9.53 Å². The fraction of sp³-hybridized carbons (Fsp3) is 0.208. The third-order valence-corrected chi connectivity index (χ3v) is 5.18. The van der Waals surface area contributed by atoms with E-state index in [1.807, 2.05) is 37.3 Å². The lowest BCUT2D eigenvalue weighted by atomic mass is 10.2. The van der Waals surface area contributed by atoms with Crippen LogP contribution in [0.4, 0.5) is 5.00 Å². The number of thiophene rings is 1. The maximum Gasteiger partial charge on any atom is 0.338 e. The molecule has 2 amide bonds. The molecule has 0 saturated heterocycles. The Balaban J connectivity index is 1.53. The van der Waals surface area contributed by atoms with Crippen LogP contribution >= 0.6 is 11.3 Å². The molecule has 0 unspecified atom stereocenters. The van der Waals surface area contributed by atoms with Gasteiger partial charge in [-0.1, -0.05) is 18.2 Å². The maximum atomic E-state index is 12.4. The average Bonchev–Trinajstić information content (AvgIpc) is 3.30. The van der Waals surface area contributed by atoms with Crippen molar-refractivity contribution in [2.45, 2.75) is 6.92 Å². The first-order chi connectivity index (χ1) is 16.5. The van der Waals surface area contributed by atoms with Gasteiger partial charge in [-0.15, -0.1) is 11.3 Å². The molecule has 0 radical (unpaired) electrons. The zero-order valence-corrected chi connectivity index (χ0v) is 19.3. The molecule has 3 aromatic rings. The van der Waals surface area contributed by atoms with Gasteiger partial charge in [0.2, 0.25) is 0 Å². The number of anilines is 1. The predicted molar refractivity (Wildman–Crippen MR) is 127 cm³/mol. The minimum absolute atomic E-state index is 0.191. The molecule has 10 heteroatoms. The Morgan fingerprint density at radius 3 is 2.44 bits per heavy atom. The number of primary amides is 1. The fourth-order valence-electron chi connectivity index (χ4n) is 2.83. The number of benzene rings is 2. The summed E-state index contributed by atoms with van der Waals surface area (Å²) in [4.78, 5) is 35.9. The summed E-state index contributed by atoms with van der Waals surface area (Å²) in [7, 11) is 0. The third kappa shape index (κ3) is 6.97. The van der Waals surface area contributed by atoms with Crippen LogP contribution in [0.2, 0.25) is 0 Å². The number of nitrogens with two attached hydrogens (primary N) is 1. The molecule has 3 rings (SSSR count). The number of para-hydroxylation sites is 1. The van der Waals surface area contributed by atoms with Crippen molar-refractivity contribution in [1.29, 1.82) is 0 Å². The summed E-state index contributed by atoms with van der Waals surface area (Å²) in [5.74, 6) is -0.414. The lowest BCUT2D eigenvalue weighted by molar-refractivity contribution is -0.119. The van der Waals surface area contributed by atoms with Crippen molar-refractivity contribution in [3.63, 3.8) is 0 Å². The summed E-state index contributed by atoms with van der Waals surface area (Å²) in [6, 6.07) is 15.5. The lowest BCUT2D eigenvalue weighted by Crippen LogP contribution is -2.22. The Morgan fingerprint density at radius 1 is 0.941 bits per heavy atom. The van der Waals surface area contributed by atoms with E-state index < -0.39 is 24.4 Å². The second kappa shape index (κ2) is 12.3. The summed E-state index contributed by atoms with van der Waals surface area (Å²) in [6.45, 7) is 2.24. The van der Waals surface area contributed by atoms with Crippen molar-refractivity contribution in [1.82, 2.24) is 0 Å². The first-order valence-corrected chi connectivity index (χ1v) is 11.3. The van der Waals surface area contributed by atoms with Crippen LogP contribution < -0.4 is 25.3 Å². The van der Waals surface area contributed by atoms with Gasteiger partial charge in [0.25, 0.3) is 11.8 Å². The van der Waals surface area contributed by atoms with Gasteiger partial charge in [-0.25, -0.2) is 4.79 Å². The van der Waals surface area contributed by atoms with Crippen molar-refractivity contribution in [3.8, 4) is 17.2 Å². The highest BCUT2D eigenvalue weighted by Gasteiger charge is 2.16. The van der Waals surface area contributed by atoms with Gasteiger partial charge in [0.05, 0.1) is 17.7 Å². The summed E-state index contributed by atoms with van der Waals surface area (Å²) in [6.07, 6.45) is 0. The molecule has 1 heterocycles. The van der Waals surface area contributed by atoms with Gasteiger partial charge in [0.15, 0.2) is 18.1 Å². The van der Waals surface area contributed by atoms with E-state index in [1.54, 1.807) is 11.4 Å². The molecule has 2 aromatic carbocycles. The molecule has 0 fully saturated rings. The summed E-state index contributed by atoms with van der Waals surface area (Å²) in [5, 5.41) is 4.42. The predicted octanol–water partition coefficient (Wildman–Crippen LogP) is 3.50. The van der Waals surface area contributed by atoms with E-state index in [0.29, 0.717) is 29.7 Å². The zero-order valence-electron chi connectivity index (χ0n) is 18.4. The van der Waals surface area contributed by atoms with E-state index in [2.05, 4.69) is 5.32 Å². The van der Waals surface area contributed by atoms with E-state index in [4.69, 9.17) is 24.7 Å². The number of hydrogen-bond donors (Lipinski definition) is 2. The van der Waals surface area contributed by atoms with Gasteiger partial charge in [0.1, 0.15) is 24.0 Å². The number of hydrogen-bond acceptors (Lipinski definition) is 8. The van der Waals surface area contributed by atoms with Crippen LogP contribution in [0.25, 0.3) is 0 Å². The maximum absolute atomic E-state index is 12.4. The Kier molecular flexibility index (Phi) is 8.87. The topological polar surface area (TPSA) is 126 Å². The highest BCUT2D eigenvalue weighted by atomic mass is 32.1. The van der Waals surface area contributed by atoms with E-state index in [-0.39, 0.29) is 17.7 Å². The molecule has 0 atom stereocenters. The third-order valence-electron chi connectivity index (χ3n) is 4.35. The van der Waals surface area contributed by atoms with Gasteiger partial charge in [-0.2, -0.15) is 0 Å². The smallest absolute Gasteiger partial charge is 0.338 e. The molecule has 178 valence electrons. The molecule has 0 bridgehead atoms. The van der Waals surface area contributed by atoms with Crippen molar-refractivity contribution in [2.24, 2.45) is 5.73 Å². The molecule has 9 nitrogen and oxygen atoms in total. The average molecular weight is 485 g/mol. The molecule has 0 saturated carbocycles. The molecular formula is C24H24N2O7S. The molecular weight excluding hydrogens is 460 g/mol. The van der Waals surface area contributed by atoms with E-state index >= 15 is 0 Å². The monoisotopic (exact) mass is 484 g/mol. The SMILES string of the molecule is CCOc1cc(C(=O)OCC(=O)Nc2sccc2C(N)=O)ccc1OCCOc1ccccc1. The van der Waals surface area contributed by atoms with Gasteiger partial charge >= 0.3 is 5.97 Å². The number of amides is 2. The highest BCUT2D eigenvalue weighted by Crippen LogP contribution is 2.29. The molecule has 0 aliphatic carbocycles. The standard InChI is InChI=1S/C24H24N2O7S/c1-2-30-20-14-16(8-9-19(20)32-12-11-31-17-6-4-3-5-7-17)24(29)33-15-21(27)26-23-18(22(25)28)10-13-34-23/h3-10,13-14H,2,11-12,15H2,1H3,(H2,25,28)(H,26,27). The molecule has 3 N–H and O–H groups in total. The first-order valence-electron chi connectivity index (χ1n) is 10.4. The van der Waals surface area contributed by atoms with Crippen LogP contribution in [-0.4, -0.2) is 44.2 Å². The van der Waals surface area contributed by atoms with E-state index in [0.717, 1.165) is 17.1 Å². The molecule has 0 aliphatic heterocycles. The molecule has 34 heavy (non-hydrogen) atoms. The van der Waals surface area contributed by atoms with Crippen LogP contribution in [0.5, 0.6) is 17.2 Å². The second-order valence-electron chi connectivity index (χ2n) is 6.76. The minimum Gasteiger partial charge on any atom is -0.490 e. The lowest BCUT2D eigenvalue weighted by Gasteiger charge is -2.14. The fourth-order valence-corrected chi connectivity index (χ4v) is 3.64. The van der Waals surface area contributed by atoms with Gasteiger partial charge < -0.3 is 30.0 Å². The first kappa shape index (κ1) is 24.6. The van der Waals surface area contributed by atoms with Gasteiger partial charge in [0, 0.05) is 0 Å².